The zero-order valence-electron chi connectivity index (χ0n) is 12.9. The number of halogens is 2. The third kappa shape index (κ3) is 2.89. The van der Waals surface area contributed by atoms with Crippen molar-refractivity contribution in [1.29, 1.82) is 0 Å². The van der Waals surface area contributed by atoms with Crippen molar-refractivity contribution < 1.29 is 23.5 Å². The molecule has 0 spiro atoms. The van der Waals surface area contributed by atoms with Gasteiger partial charge in [0.25, 0.3) is 5.91 Å². The van der Waals surface area contributed by atoms with Crippen LogP contribution in [0.15, 0.2) is 12.1 Å². The Hall–Kier alpha value is -2.35. The number of fused-ring (bicyclic) bond motifs is 1. The molecule has 3 rings (SSSR count). The van der Waals surface area contributed by atoms with Gasteiger partial charge < -0.3 is 5.11 Å². The van der Waals surface area contributed by atoms with E-state index in [1.165, 1.54) is 0 Å². The number of ketones is 1. The number of phenolic OH excluding ortho intramolecular Hbond substituents is 1. The fourth-order valence-electron chi connectivity index (χ4n) is 2.68. The molecule has 126 valence electrons. The predicted molar refractivity (Wildman–Crippen MR) is 84.5 cm³/mol. The molecule has 0 radical (unpaired) electrons. The number of phenols is 1. The summed E-state index contributed by atoms with van der Waals surface area (Å²) in [6.07, 6.45) is 0.959. The number of hydrogen-bond donors (Lipinski definition) is 2. The fourth-order valence-corrected chi connectivity index (χ4v) is 3.60. The maximum absolute atomic E-state index is 13.8. The molecule has 5 nitrogen and oxygen atoms in total. The first-order valence-electron chi connectivity index (χ1n) is 7.19. The third-order valence-electron chi connectivity index (χ3n) is 3.75. The van der Waals surface area contributed by atoms with Crippen molar-refractivity contribution in [2.75, 3.05) is 5.32 Å². The van der Waals surface area contributed by atoms with Crippen LogP contribution in [0.25, 0.3) is 0 Å². The molecule has 1 aliphatic rings. The summed E-state index contributed by atoms with van der Waals surface area (Å²) in [4.78, 5) is 28.9. The lowest BCUT2D eigenvalue weighted by Crippen LogP contribution is -2.26. The van der Waals surface area contributed by atoms with E-state index in [1.807, 2.05) is 13.8 Å². The van der Waals surface area contributed by atoms with Gasteiger partial charge in [-0.15, -0.1) is 0 Å². The average Bonchev–Trinajstić information content (AvgIpc) is 2.84. The quantitative estimate of drug-likeness (QED) is 0.866. The van der Waals surface area contributed by atoms with Crippen LogP contribution in [0, 0.1) is 17.0 Å². The molecule has 1 heterocycles. The Morgan fingerprint density at radius 3 is 2.75 bits per heavy atom. The smallest absolute Gasteiger partial charge is 0.263 e. The molecule has 0 fully saturated rings. The van der Waals surface area contributed by atoms with Gasteiger partial charge in [0, 0.05) is 6.42 Å². The number of aromatic hydroxyl groups is 1. The highest BCUT2D eigenvalue weighted by atomic mass is 32.1. The van der Waals surface area contributed by atoms with Crippen molar-refractivity contribution in [3.05, 3.63) is 39.9 Å². The Morgan fingerprint density at radius 1 is 1.33 bits per heavy atom. The zero-order chi connectivity index (χ0) is 17.6. The minimum absolute atomic E-state index is 0.0611. The molecule has 0 atom stereocenters. The zero-order valence-corrected chi connectivity index (χ0v) is 13.8. The standard InChI is InChI=1S/C16H14F2N2O3S/c1-16(2)5-8-13(10(22)6-16)24-15(19-8)20-14(23)11-7(17)3-4-9(21)12(11)18/h3-4,21H,5-6H2,1-2H3,(H,19,20,23). The lowest BCUT2D eigenvalue weighted by atomic mass is 9.78. The summed E-state index contributed by atoms with van der Waals surface area (Å²) >= 11 is 0.983. The Labute approximate surface area is 140 Å². The number of carbonyl (C=O) groups is 2. The molecule has 0 saturated heterocycles. The van der Waals surface area contributed by atoms with Crippen LogP contribution in [0.5, 0.6) is 5.75 Å². The second-order valence-electron chi connectivity index (χ2n) is 6.45. The van der Waals surface area contributed by atoms with Crippen LogP contribution in [0.1, 0.15) is 46.0 Å². The van der Waals surface area contributed by atoms with Crippen molar-refractivity contribution in [3.63, 3.8) is 0 Å². The van der Waals surface area contributed by atoms with E-state index in [2.05, 4.69) is 10.3 Å². The number of benzene rings is 1. The first-order chi connectivity index (χ1) is 11.2. The highest BCUT2D eigenvalue weighted by molar-refractivity contribution is 7.17. The first-order valence-corrected chi connectivity index (χ1v) is 8.01. The molecular formula is C16H14F2N2O3S. The molecule has 1 aromatic carbocycles. The molecule has 1 amide bonds. The van der Waals surface area contributed by atoms with Gasteiger partial charge >= 0.3 is 0 Å². The monoisotopic (exact) mass is 352 g/mol. The summed E-state index contributed by atoms with van der Waals surface area (Å²) in [5, 5.41) is 11.7. The number of Topliss-reactive ketones (excluding diaryl/α,β-unsaturated/α-hetero) is 1. The number of anilines is 1. The van der Waals surface area contributed by atoms with E-state index in [9.17, 15) is 23.5 Å². The SMILES string of the molecule is CC1(C)CC(=O)c2sc(NC(=O)c3c(F)ccc(O)c3F)nc2C1. The summed E-state index contributed by atoms with van der Waals surface area (Å²) in [5.41, 5.74) is -0.536. The molecule has 24 heavy (non-hydrogen) atoms. The molecular weight excluding hydrogens is 338 g/mol. The van der Waals surface area contributed by atoms with Crippen LogP contribution < -0.4 is 5.32 Å². The van der Waals surface area contributed by atoms with Crippen LogP contribution in [-0.2, 0) is 6.42 Å². The number of hydrogen-bond acceptors (Lipinski definition) is 5. The van der Waals surface area contributed by atoms with Crippen molar-refractivity contribution in [3.8, 4) is 5.75 Å². The van der Waals surface area contributed by atoms with Gasteiger partial charge in [-0.3, -0.25) is 14.9 Å². The number of nitrogens with one attached hydrogen (secondary N) is 1. The fraction of sp³-hybridized carbons (Fsp3) is 0.312. The Morgan fingerprint density at radius 2 is 2.04 bits per heavy atom. The molecule has 0 saturated carbocycles. The van der Waals surface area contributed by atoms with E-state index in [0.717, 1.165) is 23.5 Å². The van der Waals surface area contributed by atoms with E-state index in [0.29, 0.717) is 23.4 Å². The van der Waals surface area contributed by atoms with Gasteiger partial charge in [0.05, 0.1) is 10.6 Å². The molecule has 1 aromatic heterocycles. The van der Waals surface area contributed by atoms with Gasteiger partial charge in [-0.2, -0.15) is 0 Å². The number of nitrogens with zero attached hydrogens (tertiary/aromatic N) is 1. The molecule has 0 unspecified atom stereocenters. The normalized spacial score (nSPS) is 15.9. The number of rotatable bonds is 2. The van der Waals surface area contributed by atoms with Crippen LogP contribution in [0.3, 0.4) is 0 Å². The van der Waals surface area contributed by atoms with Crippen molar-refractivity contribution in [2.24, 2.45) is 5.41 Å². The van der Waals surface area contributed by atoms with Crippen LogP contribution in [0.4, 0.5) is 13.9 Å². The summed E-state index contributed by atoms with van der Waals surface area (Å²) in [7, 11) is 0. The lowest BCUT2D eigenvalue weighted by molar-refractivity contribution is 0.0915. The molecule has 2 N–H and O–H groups in total. The van der Waals surface area contributed by atoms with Crippen molar-refractivity contribution in [2.45, 2.75) is 26.7 Å². The van der Waals surface area contributed by atoms with Gasteiger partial charge in [0.2, 0.25) is 0 Å². The van der Waals surface area contributed by atoms with Gasteiger partial charge in [0.15, 0.2) is 22.5 Å². The first kappa shape index (κ1) is 16.5. The van der Waals surface area contributed by atoms with Gasteiger partial charge in [-0.1, -0.05) is 25.2 Å². The van der Waals surface area contributed by atoms with Crippen LogP contribution >= 0.6 is 11.3 Å². The Balaban J connectivity index is 1.90. The maximum Gasteiger partial charge on any atom is 0.263 e. The average molecular weight is 352 g/mol. The van der Waals surface area contributed by atoms with E-state index in [4.69, 9.17) is 0 Å². The second kappa shape index (κ2) is 5.62. The van der Waals surface area contributed by atoms with Crippen LogP contribution in [0.2, 0.25) is 0 Å². The Bertz CT molecular complexity index is 861. The highest BCUT2D eigenvalue weighted by Crippen LogP contribution is 2.38. The summed E-state index contributed by atoms with van der Waals surface area (Å²) in [5.74, 6) is -4.39. The maximum atomic E-state index is 13.8. The highest BCUT2D eigenvalue weighted by Gasteiger charge is 2.34. The van der Waals surface area contributed by atoms with E-state index in [-0.39, 0.29) is 16.3 Å². The van der Waals surface area contributed by atoms with Gasteiger partial charge in [-0.25, -0.2) is 13.8 Å². The summed E-state index contributed by atoms with van der Waals surface area (Å²) in [6, 6.07) is 1.62. The van der Waals surface area contributed by atoms with E-state index >= 15 is 0 Å². The summed E-state index contributed by atoms with van der Waals surface area (Å²) in [6.45, 7) is 3.89. The number of carbonyl (C=O) groups excluding carboxylic acids is 2. The minimum Gasteiger partial charge on any atom is -0.505 e. The largest absolute Gasteiger partial charge is 0.505 e. The molecule has 1 aliphatic carbocycles. The topological polar surface area (TPSA) is 79.3 Å². The van der Waals surface area contributed by atoms with E-state index in [1.54, 1.807) is 0 Å². The lowest BCUT2D eigenvalue weighted by Gasteiger charge is -2.26. The summed E-state index contributed by atoms with van der Waals surface area (Å²) < 4.78 is 27.5. The van der Waals surface area contributed by atoms with Crippen LogP contribution in [-0.4, -0.2) is 21.8 Å². The van der Waals surface area contributed by atoms with E-state index < -0.39 is 28.9 Å². The molecule has 0 bridgehead atoms. The minimum atomic E-state index is -1.34. The number of thiazole rings is 1. The van der Waals surface area contributed by atoms with Gasteiger partial charge in [-0.05, 0) is 24.0 Å². The number of aromatic nitrogens is 1. The second-order valence-corrected chi connectivity index (χ2v) is 7.44. The molecule has 0 aliphatic heterocycles. The third-order valence-corrected chi connectivity index (χ3v) is 4.81. The van der Waals surface area contributed by atoms with Crippen molar-refractivity contribution in [1.82, 2.24) is 4.98 Å². The van der Waals surface area contributed by atoms with Gasteiger partial charge in [0.1, 0.15) is 11.4 Å². The molecule has 8 heteroatoms. The van der Waals surface area contributed by atoms with Crippen molar-refractivity contribution >= 4 is 28.2 Å². The predicted octanol–water partition coefficient (Wildman–Crippen LogP) is 3.53. The number of amides is 1. The Kier molecular flexibility index (Phi) is 3.87. The molecule has 2 aromatic rings.